The van der Waals surface area contributed by atoms with Crippen molar-refractivity contribution in [2.75, 3.05) is 20.3 Å². The second-order valence-corrected chi connectivity index (χ2v) is 7.59. The molecule has 0 unspecified atom stereocenters. The summed E-state index contributed by atoms with van der Waals surface area (Å²) in [5, 5.41) is 8.87. The smallest absolute Gasteiger partial charge is 0.348 e. The maximum Gasteiger partial charge on any atom is 0.348 e. The highest BCUT2D eigenvalue weighted by atomic mass is 32.1. The Hall–Kier alpha value is -3.90. The van der Waals surface area contributed by atoms with Crippen LogP contribution in [0.1, 0.15) is 27.7 Å². The number of methoxy groups -OCH3 is 1. The van der Waals surface area contributed by atoms with Crippen molar-refractivity contribution in [3.8, 4) is 17.6 Å². The van der Waals surface area contributed by atoms with Crippen LogP contribution in [0.2, 0.25) is 0 Å². The summed E-state index contributed by atoms with van der Waals surface area (Å²) in [6, 6.07) is 11.3. The lowest BCUT2D eigenvalue weighted by Gasteiger charge is -2.09. The number of ether oxygens (including phenoxy) is 4. The van der Waals surface area contributed by atoms with Gasteiger partial charge in [-0.05, 0) is 42.8 Å². The molecule has 3 aromatic rings. The first-order valence-corrected chi connectivity index (χ1v) is 10.7. The van der Waals surface area contributed by atoms with Crippen molar-refractivity contribution in [1.82, 2.24) is 0 Å². The quantitative estimate of drug-likeness (QED) is 0.325. The van der Waals surface area contributed by atoms with Gasteiger partial charge in [0.05, 0.1) is 13.7 Å². The minimum Gasteiger partial charge on any atom is -0.493 e. The molecule has 170 valence electrons. The number of thiophene rings is 1. The van der Waals surface area contributed by atoms with Gasteiger partial charge in [-0.3, -0.25) is 0 Å². The summed E-state index contributed by atoms with van der Waals surface area (Å²) in [5.41, 5.74) is 0.904. The Balaban J connectivity index is 1.76. The third-order valence-electron chi connectivity index (χ3n) is 4.47. The van der Waals surface area contributed by atoms with E-state index in [0.29, 0.717) is 21.8 Å². The SMILES string of the molecule is CCOC(=O)c1sc2cccc(F)c2c1COC(=O)/C=C/c1ccc(OCC#N)c(OC)c1. The first kappa shape index (κ1) is 23.8. The topological polar surface area (TPSA) is 94.9 Å². The molecular formula is C24H20FNO6S. The molecule has 2 aromatic carbocycles. The number of hydrogen-bond acceptors (Lipinski definition) is 8. The molecule has 0 atom stereocenters. The van der Waals surface area contributed by atoms with E-state index in [1.165, 1.54) is 25.3 Å². The van der Waals surface area contributed by atoms with Crippen LogP contribution >= 0.6 is 11.3 Å². The van der Waals surface area contributed by atoms with Gasteiger partial charge >= 0.3 is 11.9 Å². The second-order valence-electron chi connectivity index (χ2n) is 6.54. The van der Waals surface area contributed by atoms with Crippen LogP contribution in [0.5, 0.6) is 11.5 Å². The number of halogens is 1. The van der Waals surface area contributed by atoms with Crippen molar-refractivity contribution < 1.29 is 32.9 Å². The Morgan fingerprint density at radius 1 is 1.18 bits per heavy atom. The highest BCUT2D eigenvalue weighted by molar-refractivity contribution is 7.21. The minimum atomic E-state index is -0.677. The third-order valence-corrected chi connectivity index (χ3v) is 5.65. The van der Waals surface area contributed by atoms with Gasteiger partial charge in [-0.2, -0.15) is 5.26 Å². The predicted molar refractivity (Wildman–Crippen MR) is 121 cm³/mol. The van der Waals surface area contributed by atoms with Gasteiger partial charge in [0.1, 0.15) is 23.4 Å². The normalized spacial score (nSPS) is 10.7. The van der Waals surface area contributed by atoms with Crippen molar-refractivity contribution in [3.05, 3.63) is 64.3 Å². The zero-order valence-electron chi connectivity index (χ0n) is 17.9. The van der Waals surface area contributed by atoms with Gasteiger partial charge in [0.25, 0.3) is 0 Å². The molecule has 3 rings (SSSR count). The fourth-order valence-electron chi connectivity index (χ4n) is 3.04. The zero-order valence-corrected chi connectivity index (χ0v) is 18.7. The Morgan fingerprint density at radius 3 is 2.73 bits per heavy atom. The summed E-state index contributed by atoms with van der Waals surface area (Å²) in [4.78, 5) is 24.8. The number of carbonyl (C=O) groups excluding carboxylic acids is 2. The molecule has 33 heavy (non-hydrogen) atoms. The summed E-state index contributed by atoms with van der Waals surface area (Å²) in [6.07, 6.45) is 2.72. The molecule has 1 aromatic heterocycles. The largest absolute Gasteiger partial charge is 0.493 e. The molecule has 0 radical (unpaired) electrons. The van der Waals surface area contributed by atoms with Crippen molar-refractivity contribution in [3.63, 3.8) is 0 Å². The highest BCUT2D eigenvalue weighted by Crippen LogP contribution is 2.34. The molecule has 0 N–H and O–H groups in total. The fourth-order valence-corrected chi connectivity index (χ4v) is 4.16. The molecule has 0 saturated heterocycles. The van der Waals surface area contributed by atoms with Gasteiger partial charge in [0.15, 0.2) is 18.1 Å². The third kappa shape index (κ3) is 5.67. The van der Waals surface area contributed by atoms with Crippen LogP contribution in [-0.4, -0.2) is 32.3 Å². The van der Waals surface area contributed by atoms with Crippen molar-refractivity contribution in [1.29, 1.82) is 5.26 Å². The van der Waals surface area contributed by atoms with Crippen LogP contribution in [0.25, 0.3) is 16.2 Å². The van der Waals surface area contributed by atoms with Crippen LogP contribution in [0.4, 0.5) is 4.39 Å². The van der Waals surface area contributed by atoms with E-state index in [1.807, 2.05) is 6.07 Å². The number of esters is 2. The average Bonchev–Trinajstić information content (AvgIpc) is 3.20. The van der Waals surface area contributed by atoms with E-state index < -0.39 is 17.8 Å². The lowest BCUT2D eigenvalue weighted by molar-refractivity contribution is -0.138. The van der Waals surface area contributed by atoms with E-state index in [-0.39, 0.29) is 35.6 Å². The summed E-state index contributed by atoms with van der Waals surface area (Å²) in [5.74, 6) is -0.974. The molecule has 0 aliphatic carbocycles. The Bertz CT molecular complexity index is 1240. The summed E-state index contributed by atoms with van der Waals surface area (Å²) in [7, 11) is 1.46. The molecule has 0 spiro atoms. The lowest BCUT2D eigenvalue weighted by Crippen LogP contribution is -2.08. The van der Waals surface area contributed by atoms with Crippen LogP contribution in [-0.2, 0) is 20.9 Å². The maximum atomic E-state index is 14.4. The Morgan fingerprint density at radius 2 is 2.00 bits per heavy atom. The van der Waals surface area contributed by atoms with Gasteiger partial charge in [-0.1, -0.05) is 12.1 Å². The molecule has 0 bridgehead atoms. The molecular weight excluding hydrogens is 449 g/mol. The summed E-state index contributed by atoms with van der Waals surface area (Å²) in [6.45, 7) is 1.43. The number of rotatable bonds is 9. The molecule has 0 amide bonds. The number of nitrogens with zero attached hydrogens (tertiary/aromatic N) is 1. The molecule has 0 fully saturated rings. The van der Waals surface area contributed by atoms with Crippen LogP contribution in [0.15, 0.2) is 42.5 Å². The lowest BCUT2D eigenvalue weighted by atomic mass is 10.1. The van der Waals surface area contributed by atoms with Gasteiger partial charge in [0, 0.05) is 21.7 Å². The Labute approximate surface area is 193 Å². The zero-order chi connectivity index (χ0) is 23.8. The van der Waals surface area contributed by atoms with Crippen molar-refractivity contribution >= 4 is 39.4 Å². The number of benzene rings is 2. The highest BCUT2D eigenvalue weighted by Gasteiger charge is 2.22. The molecule has 7 nitrogen and oxygen atoms in total. The van der Waals surface area contributed by atoms with Gasteiger partial charge < -0.3 is 18.9 Å². The predicted octanol–water partition coefficient (Wildman–Crippen LogP) is 4.88. The standard InChI is InChI=1S/C24H20FNO6S/c1-3-30-24(28)23-16(22-17(25)5-4-6-20(22)33-23)14-32-21(27)10-8-15-7-9-18(31-12-11-26)19(13-15)29-2/h4-10,13H,3,12,14H2,1-2H3/b10-8+. The number of hydrogen-bond donors (Lipinski definition) is 0. The van der Waals surface area contributed by atoms with E-state index in [9.17, 15) is 14.0 Å². The number of fused-ring (bicyclic) bond motifs is 1. The van der Waals surface area contributed by atoms with Crippen LogP contribution in [0, 0.1) is 17.1 Å². The fraction of sp³-hybridized carbons (Fsp3) is 0.208. The summed E-state index contributed by atoms with van der Waals surface area (Å²) < 4.78 is 35.8. The van der Waals surface area contributed by atoms with Crippen molar-refractivity contribution in [2.45, 2.75) is 13.5 Å². The van der Waals surface area contributed by atoms with E-state index in [1.54, 1.807) is 37.3 Å². The maximum absolute atomic E-state index is 14.4. The molecule has 0 aliphatic heterocycles. The first-order chi connectivity index (χ1) is 16.0. The summed E-state index contributed by atoms with van der Waals surface area (Å²) >= 11 is 1.09. The van der Waals surface area contributed by atoms with E-state index in [4.69, 9.17) is 24.2 Å². The molecule has 0 saturated carbocycles. The molecule has 1 heterocycles. The van der Waals surface area contributed by atoms with Gasteiger partial charge in [-0.15, -0.1) is 11.3 Å². The van der Waals surface area contributed by atoms with E-state index >= 15 is 0 Å². The minimum absolute atomic E-state index is 0.122. The van der Waals surface area contributed by atoms with Crippen LogP contribution in [0.3, 0.4) is 0 Å². The van der Waals surface area contributed by atoms with Gasteiger partial charge in [-0.25, -0.2) is 14.0 Å². The van der Waals surface area contributed by atoms with Crippen LogP contribution < -0.4 is 9.47 Å². The monoisotopic (exact) mass is 469 g/mol. The molecule has 0 aliphatic rings. The van der Waals surface area contributed by atoms with Crippen molar-refractivity contribution in [2.24, 2.45) is 0 Å². The number of carbonyl (C=O) groups is 2. The molecule has 9 heteroatoms. The second kappa shape index (κ2) is 11.1. The number of nitriles is 1. The average molecular weight is 469 g/mol. The first-order valence-electron chi connectivity index (χ1n) is 9.88. The Kier molecular flexibility index (Phi) is 8.00. The van der Waals surface area contributed by atoms with E-state index in [0.717, 1.165) is 11.3 Å². The van der Waals surface area contributed by atoms with Gasteiger partial charge in [0.2, 0.25) is 0 Å². The van der Waals surface area contributed by atoms with E-state index in [2.05, 4.69) is 0 Å².